The summed E-state index contributed by atoms with van der Waals surface area (Å²) in [5.41, 5.74) is -0.749. The predicted molar refractivity (Wildman–Crippen MR) is 75.0 cm³/mol. The Kier molecular flexibility index (Phi) is 4.47. The molecule has 0 aliphatic heterocycles. The van der Waals surface area contributed by atoms with Crippen molar-refractivity contribution in [3.63, 3.8) is 0 Å². The molecule has 1 aromatic rings. The minimum absolute atomic E-state index is 0.0602. The molecule has 0 amide bonds. The Morgan fingerprint density at radius 2 is 1.50 bits per heavy atom. The minimum atomic E-state index is -4.41. The maximum absolute atomic E-state index is 13.2. The van der Waals surface area contributed by atoms with E-state index in [9.17, 15) is 13.2 Å². The summed E-state index contributed by atoms with van der Waals surface area (Å²) in [5.74, 6) is -0.109. The van der Waals surface area contributed by atoms with Crippen LogP contribution in [-0.2, 0) is 12.6 Å². The first-order valence-corrected chi connectivity index (χ1v) is 6.67. The van der Waals surface area contributed by atoms with E-state index in [2.05, 4.69) is 0 Å². The second-order valence-corrected chi connectivity index (χ2v) is 7.28. The first-order valence-electron chi connectivity index (χ1n) is 6.67. The fraction of sp³-hybridized carbons (Fsp3) is 0.625. The lowest BCUT2D eigenvalue weighted by Crippen LogP contribution is -2.25. The molecule has 0 fully saturated rings. The number of alkyl halides is 3. The summed E-state index contributed by atoms with van der Waals surface area (Å²) in [6.07, 6.45) is -3.82. The van der Waals surface area contributed by atoms with E-state index in [1.54, 1.807) is 26.8 Å². The van der Waals surface area contributed by atoms with E-state index >= 15 is 0 Å². The second kappa shape index (κ2) is 5.30. The molecule has 0 unspecified atom stereocenters. The molecule has 0 aliphatic carbocycles. The van der Waals surface area contributed by atoms with E-state index in [0.29, 0.717) is 12.0 Å². The van der Waals surface area contributed by atoms with Gasteiger partial charge in [0.2, 0.25) is 0 Å². The Bertz CT molecular complexity index is 462. The molecule has 0 N–H and O–H groups in total. The zero-order valence-corrected chi connectivity index (χ0v) is 13.0. The van der Waals surface area contributed by atoms with Crippen LogP contribution < -0.4 is 4.74 Å². The van der Waals surface area contributed by atoms with Crippen molar-refractivity contribution in [3.8, 4) is 5.75 Å². The Morgan fingerprint density at radius 1 is 0.950 bits per heavy atom. The summed E-state index contributed by atoms with van der Waals surface area (Å²) in [5, 5.41) is 0. The van der Waals surface area contributed by atoms with Crippen molar-refractivity contribution < 1.29 is 17.9 Å². The van der Waals surface area contributed by atoms with Crippen LogP contribution in [0.25, 0.3) is 0 Å². The number of benzene rings is 1. The monoisotopic (exact) mass is 288 g/mol. The summed E-state index contributed by atoms with van der Waals surface area (Å²) in [7, 11) is 0. The lowest BCUT2D eigenvalue weighted by atomic mass is 9.87. The molecule has 1 aromatic carbocycles. The third-order valence-electron chi connectivity index (χ3n) is 2.50. The zero-order valence-electron chi connectivity index (χ0n) is 13.0. The van der Waals surface area contributed by atoms with Crippen LogP contribution in [0, 0.1) is 5.41 Å². The van der Waals surface area contributed by atoms with E-state index in [4.69, 9.17) is 4.74 Å². The van der Waals surface area contributed by atoms with Crippen LogP contribution in [0.4, 0.5) is 13.2 Å². The Morgan fingerprint density at radius 3 is 1.90 bits per heavy atom. The van der Waals surface area contributed by atoms with E-state index in [-0.39, 0.29) is 11.2 Å². The topological polar surface area (TPSA) is 9.23 Å². The van der Waals surface area contributed by atoms with Crippen molar-refractivity contribution in [2.75, 3.05) is 0 Å². The lowest BCUT2D eigenvalue weighted by molar-refractivity contribution is -0.139. The highest BCUT2D eigenvalue weighted by molar-refractivity contribution is 5.40. The Balaban J connectivity index is 3.21. The summed E-state index contributed by atoms with van der Waals surface area (Å²) in [6, 6.07) is 4.34. The van der Waals surface area contributed by atoms with Gasteiger partial charge in [0.15, 0.2) is 0 Å². The molecule has 0 bridgehead atoms. The molecule has 0 radical (unpaired) electrons. The molecule has 0 heterocycles. The van der Waals surface area contributed by atoms with Gasteiger partial charge in [-0.05, 0) is 50.3 Å². The van der Waals surface area contributed by atoms with Gasteiger partial charge in [-0.3, -0.25) is 0 Å². The summed E-state index contributed by atoms with van der Waals surface area (Å²) >= 11 is 0. The summed E-state index contributed by atoms with van der Waals surface area (Å²) in [4.78, 5) is 0. The molecule has 0 atom stereocenters. The van der Waals surface area contributed by atoms with Gasteiger partial charge < -0.3 is 4.74 Å². The smallest absolute Gasteiger partial charge is 0.419 e. The van der Waals surface area contributed by atoms with Crippen molar-refractivity contribution in [2.24, 2.45) is 5.41 Å². The molecular weight excluding hydrogens is 265 g/mol. The molecule has 0 aromatic heterocycles. The van der Waals surface area contributed by atoms with Crippen LogP contribution in [0.5, 0.6) is 5.75 Å². The number of halogens is 3. The summed E-state index contributed by atoms with van der Waals surface area (Å²) in [6.45, 7) is 11.2. The SMILES string of the molecule is CC(C)(C)Cc1ccc(OC(C)(C)C)c(C(F)(F)F)c1. The predicted octanol–water partition coefficient (Wildman–Crippen LogP) is 5.47. The van der Waals surface area contributed by atoms with E-state index in [0.717, 1.165) is 0 Å². The van der Waals surface area contributed by atoms with Crippen LogP contribution in [0.2, 0.25) is 0 Å². The lowest BCUT2D eigenvalue weighted by Gasteiger charge is -2.25. The van der Waals surface area contributed by atoms with Gasteiger partial charge in [-0.2, -0.15) is 13.2 Å². The van der Waals surface area contributed by atoms with Gasteiger partial charge in [0, 0.05) is 0 Å². The molecule has 20 heavy (non-hydrogen) atoms. The molecule has 0 aliphatic rings. The van der Waals surface area contributed by atoms with E-state index in [1.165, 1.54) is 12.1 Å². The van der Waals surface area contributed by atoms with Gasteiger partial charge in [0.25, 0.3) is 0 Å². The highest BCUT2D eigenvalue weighted by Crippen LogP contribution is 2.39. The molecule has 0 spiro atoms. The largest absolute Gasteiger partial charge is 0.488 e. The van der Waals surface area contributed by atoms with E-state index < -0.39 is 17.3 Å². The van der Waals surface area contributed by atoms with Gasteiger partial charge in [-0.25, -0.2) is 0 Å². The first kappa shape index (κ1) is 16.9. The third-order valence-corrected chi connectivity index (χ3v) is 2.50. The highest BCUT2D eigenvalue weighted by atomic mass is 19.4. The van der Waals surface area contributed by atoms with Crippen LogP contribution in [0.3, 0.4) is 0 Å². The van der Waals surface area contributed by atoms with Crippen molar-refractivity contribution in [2.45, 2.75) is 59.7 Å². The average Bonchev–Trinajstić information content (AvgIpc) is 2.14. The molecular formula is C16H23F3O. The standard InChI is InChI=1S/C16H23F3O/c1-14(2,3)10-11-7-8-13(20-15(4,5)6)12(9-11)16(17,18)19/h7-9H,10H2,1-6H3. The van der Waals surface area contributed by atoms with Gasteiger partial charge in [0.1, 0.15) is 11.4 Å². The van der Waals surface area contributed by atoms with E-state index in [1.807, 2.05) is 20.8 Å². The maximum Gasteiger partial charge on any atom is 0.419 e. The molecule has 1 nitrogen and oxygen atoms in total. The highest BCUT2D eigenvalue weighted by Gasteiger charge is 2.35. The zero-order chi connectivity index (χ0) is 15.8. The van der Waals surface area contributed by atoms with Crippen molar-refractivity contribution in [1.82, 2.24) is 0 Å². The van der Waals surface area contributed by atoms with Gasteiger partial charge >= 0.3 is 6.18 Å². The summed E-state index contributed by atoms with van der Waals surface area (Å²) < 4.78 is 44.9. The second-order valence-electron chi connectivity index (χ2n) is 7.28. The average molecular weight is 288 g/mol. The maximum atomic E-state index is 13.2. The normalized spacial score (nSPS) is 13.4. The number of rotatable bonds is 2. The molecule has 0 saturated carbocycles. The molecule has 0 saturated heterocycles. The molecule has 1 rings (SSSR count). The van der Waals surface area contributed by atoms with Gasteiger partial charge in [0.05, 0.1) is 5.56 Å². The van der Waals surface area contributed by atoms with Crippen molar-refractivity contribution in [1.29, 1.82) is 0 Å². The van der Waals surface area contributed by atoms with Crippen LogP contribution in [0.1, 0.15) is 52.7 Å². The first-order chi connectivity index (χ1) is 8.78. The number of hydrogen-bond donors (Lipinski definition) is 0. The minimum Gasteiger partial charge on any atom is -0.488 e. The Labute approximate surface area is 119 Å². The fourth-order valence-corrected chi connectivity index (χ4v) is 1.94. The molecule has 4 heteroatoms. The quantitative estimate of drug-likeness (QED) is 0.701. The van der Waals surface area contributed by atoms with Crippen LogP contribution in [-0.4, -0.2) is 5.60 Å². The number of ether oxygens (including phenoxy) is 1. The van der Waals surface area contributed by atoms with Crippen molar-refractivity contribution in [3.05, 3.63) is 29.3 Å². The third kappa shape index (κ3) is 5.43. The number of hydrogen-bond acceptors (Lipinski definition) is 1. The Hall–Kier alpha value is -1.19. The van der Waals surface area contributed by atoms with Crippen LogP contribution in [0.15, 0.2) is 18.2 Å². The molecule has 114 valence electrons. The fourth-order valence-electron chi connectivity index (χ4n) is 1.94. The van der Waals surface area contributed by atoms with Gasteiger partial charge in [-0.1, -0.05) is 26.8 Å². The van der Waals surface area contributed by atoms with Crippen molar-refractivity contribution >= 4 is 0 Å². The van der Waals surface area contributed by atoms with Gasteiger partial charge in [-0.15, -0.1) is 0 Å². The van der Waals surface area contributed by atoms with Crippen LogP contribution >= 0.6 is 0 Å².